The molecule has 0 radical (unpaired) electrons. The van der Waals surface area contributed by atoms with Gasteiger partial charge in [0, 0.05) is 12.3 Å². The van der Waals surface area contributed by atoms with Gasteiger partial charge in [-0.25, -0.2) is 15.0 Å². The van der Waals surface area contributed by atoms with Crippen LogP contribution in [0.2, 0.25) is 0 Å². The summed E-state index contributed by atoms with van der Waals surface area (Å²) in [5.74, 6) is 0.892. The number of nitrogen functional groups attached to an aromatic ring is 1. The fourth-order valence-corrected chi connectivity index (χ4v) is 5.99. The van der Waals surface area contributed by atoms with Crippen molar-refractivity contribution in [2.45, 2.75) is 32.0 Å². The molecule has 2 aromatic heterocycles. The normalized spacial score (nSPS) is 11.9. The van der Waals surface area contributed by atoms with Crippen LogP contribution in [0.4, 0.5) is 5.82 Å². The zero-order valence-corrected chi connectivity index (χ0v) is 18.4. The first-order chi connectivity index (χ1) is 14.1. The maximum Gasteiger partial charge on any atom is 0.331 e. The second-order valence-corrected chi connectivity index (χ2v) is 9.48. The number of hydrogen-bond acceptors (Lipinski definition) is 8. The molecule has 8 nitrogen and oxygen atoms in total. The van der Waals surface area contributed by atoms with E-state index in [9.17, 15) is 4.57 Å². The summed E-state index contributed by atoms with van der Waals surface area (Å²) < 4.78 is 25.5. The Morgan fingerprint density at radius 2 is 1.86 bits per heavy atom. The van der Waals surface area contributed by atoms with Crippen LogP contribution in [0.25, 0.3) is 11.2 Å². The van der Waals surface area contributed by atoms with Gasteiger partial charge in [-0.3, -0.25) is 4.57 Å². The molecule has 3 aromatic rings. The van der Waals surface area contributed by atoms with Crippen LogP contribution < -0.4 is 5.73 Å². The second kappa shape index (κ2) is 10.2. The maximum atomic E-state index is 12.7. The van der Waals surface area contributed by atoms with Gasteiger partial charge in [0.25, 0.3) is 0 Å². The van der Waals surface area contributed by atoms with Gasteiger partial charge in [0.15, 0.2) is 22.1 Å². The van der Waals surface area contributed by atoms with E-state index in [4.69, 9.17) is 14.8 Å². The first-order valence-corrected chi connectivity index (χ1v) is 12.3. The van der Waals surface area contributed by atoms with E-state index in [1.165, 1.54) is 23.7 Å². The van der Waals surface area contributed by atoms with Gasteiger partial charge in [-0.1, -0.05) is 42.1 Å². The highest BCUT2D eigenvalue weighted by Crippen LogP contribution is 2.48. The number of rotatable bonds is 11. The van der Waals surface area contributed by atoms with Crippen molar-refractivity contribution in [3.63, 3.8) is 0 Å². The van der Waals surface area contributed by atoms with Crippen LogP contribution in [0.3, 0.4) is 0 Å². The lowest BCUT2D eigenvalue weighted by molar-refractivity contribution is 0.221. The number of fused-ring (bicyclic) bond motifs is 1. The number of aromatic nitrogens is 4. The van der Waals surface area contributed by atoms with E-state index in [2.05, 4.69) is 27.1 Å². The molecule has 0 fully saturated rings. The molecule has 0 amide bonds. The lowest BCUT2D eigenvalue weighted by Crippen LogP contribution is -2.06. The molecule has 156 valence electrons. The van der Waals surface area contributed by atoms with Crippen LogP contribution >= 0.6 is 19.4 Å². The predicted molar refractivity (Wildman–Crippen MR) is 116 cm³/mol. The van der Waals surface area contributed by atoms with E-state index in [0.29, 0.717) is 48.7 Å². The number of aryl methyl sites for hydroxylation is 2. The first kappa shape index (κ1) is 21.8. The van der Waals surface area contributed by atoms with E-state index in [1.54, 1.807) is 0 Å². The van der Waals surface area contributed by atoms with Gasteiger partial charge in [-0.05, 0) is 25.8 Å². The molecule has 2 N–H and O–H groups in total. The quantitative estimate of drug-likeness (QED) is 0.356. The standard InChI is InChI=1S/C19H26N5O3PS/c1-3-26-28(25,27-4-2)12-13-29-19-23-16-17(20)21-14-22-18(16)24(19)11-10-15-8-6-5-7-9-15/h5-9,14H,3-4,10-13H2,1-2H3,(H2,20,21,22). The average Bonchev–Trinajstić information content (AvgIpc) is 3.06. The van der Waals surface area contributed by atoms with E-state index >= 15 is 0 Å². The van der Waals surface area contributed by atoms with Crippen molar-refractivity contribution < 1.29 is 13.6 Å². The Morgan fingerprint density at radius 1 is 1.14 bits per heavy atom. The summed E-state index contributed by atoms with van der Waals surface area (Å²) in [5, 5.41) is 0.766. The molecule has 3 rings (SSSR count). The molecular formula is C19H26N5O3PS. The second-order valence-electron chi connectivity index (χ2n) is 6.23. The van der Waals surface area contributed by atoms with Crippen molar-refractivity contribution in [1.29, 1.82) is 0 Å². The molecule has 10 heteroatoms. The zero-order chi connectivity index (χ0) is 20.7. The summed E-state index contributed by atoms with van der Waals surface area (Å²) in [5.41, 5.74) is 8.52. The Hall–Kier alpha value is -1.93. The molecule has 0 bridgehead atoms. The van der Waals surface area contributed by atoms with Gasteiger partial charge in [-0.15, -0.1) is 0 Å². The van der Waals surface area contributed by atoms with E-state index in [1.807, 2.05) is 36.6 Å². The predicted octanol–water partition coefficient (Wildman–Crippen LogP) is 4.01. The number of hydrogen-bond donors (Lipinski definition) is 1. The van der Waals surface area contributed by atoms with Gasteiger partial charge in [0.05, 0.1) is 19.4 Å². The highest BCUT2D eigenvalue weighted by Gasteiger charge is 2.24. The zero-order valence-electron chi connectivity index (χ0n) is 16.7. The molecule has 0 spiro atoms. The Labute approximate surface area is 174 Å². The molecule has 2 heterocycles. The van der Waals surface area contributed by atoms with Crippen molar-refractivity contribution in [3.05, 3.63) is 42.2 Å². The van der Waals surface area contributed by atoms with E-state index in [0.717, 1.165) is 11.6 Å². The first-order valence-electron chi connectivity index (χ1n) is 9.58. The van der Waals surface area contributed by atoms with Crippen LogP contribution in [-0.4, -0.2) is 44.6 Å². The van der Waals surface area contributed by atoms with Crippen molar-refractivity contribution in [1.82, 2.24) is 19.5 Å². The Bertz CT molecular complexity index is 973. The van der Waals surface area contributed by atoms with Gasteiger partial charge in [0.1, 0.15) is 6.33 Å². The van der Waals surface area contributed by atoms with Crippen LogP contribution in [0.5, 0.6) is 0 Å². The molecule has 29 heavy (non-hydrogen) atoms. The number of thioether (sulfide) groups is 1. The number of anilines is 1. The van der Waals surface area contributed by atoms with Gasteiger partial charge >= 0.3 is 7.60 Å². The molecule has 0 aliphatic heterocycles. The average molecular weight is 435 g/mol. The monoisotopic (exact) mass is 435 g/mol. The Morgan fingerprint density at radius 3 is 2.55 bits per heavy atom. The lowest BCUT2D eigenvalue weighted by atomic mass is 10.1. The smallest absolute Gasteiger partial charge is 0.331 e. The SMILES string of the molecule is CCOP(=O)(CCSc1nc2c(N)ncnc2n1CCc1ccccc1)OCC. The molecule has 1 aromatic carbocycles. The Kier molecular flexibility index (Phi) is 7.66. The highest BCUT2D eigenvalue weighted by molar-refractivity contribution is 7.99. The van der Waals surface area contributed by atoms with Crippen molar-refractivity contribution in [2.75, 3.05) is 30.9 Å². The minimum atomic E-state index is -3.09. The van der Waals surface area contributed by atoms with Crippen molar-refractivity contribution >= 4 is 36.3 Å². The van der Waals surface area contributed by atoms with Crippen molar-refractivity contribution in [2.24, 2.45) is 0 Å². The van der Waals surface area contributed by atoms with Crippen LogP contribution in [-0.2, 0) is 26.6 Å². The molecular weight excluding hydrogens is 409 g/mol. The highest BCUT2D eigenvalue weighted by atomic mass is 32.2. The third-order valence-electron chi connectivity index (χ3n) is 4.24. The molecule has 0 aliphatic carbocycles. The molecule has 0 saturated carbocycles. The number of imidazole rings is 1. The summed E-state index contributed by atoms with van der Waals surface area (Å²) in [6.45, 7) is 5.02. The van der Waals surface area contributed by atoms with Crippen LogP contribution in [0.15, 0.2) is 41.8 Å². The largest absolute Gasteiger partial charge is 0.382 e. The maximum absolute atomic E-state index is 12.7. The van der Waals surface area contributed by atoms with Crippen LogP contribution in [0, 0.1) is 0 Å². The topological polar surface area (TPSA) is 105 Å². The minimum absolute atomic E-state index is 0.308. The number of nitrogens with zero attached hydrogens (tertiary/aromatic N) is 4. The third-order valence-corrected chi connectivity index (χ3v) is 7.60. The van der Waals surface area contributed by atoms with Gasteiger partial charge in [0.2, 0.25) is 0 Å². The third kappa shape index (κ3) is 5.57. The summed E-state index contributed by atoms with van der Waals surface area (Å²) in [7, 11) is -3.09. The molecule has 0 unspecified atom stereocenters. The van der Waals surface area contributed by atoms with Gasteiger partial charge in [-0.2, -0.15) is 0 Å². The fraction of sp³-hybridized carbons (Fsp3) is 0.421. The van der Waals surface area contributed by atoms with E-state index < -0.39 is 7.60 Å². The van der Waals surface area contributed by atoms with Gasteiger partial charge < -0.3 is 19.3 Å². The molecule has 0 saturated heterocycles. The minimum Gasteiger partial charge on any atom is -0.382 e. The number of nitrogens with two attached hydrogens (primary N) is 1. The van der Waals surface area contributed by atoms with Crippen LogP contribution in [0.1, 0.15) is 19.4 Å². The van der Waals surface area contributed by atoms with E-state index in [-0.39, 0.29) is 0 Å². The molecule has 0 atom stereocenters. The molecule has 0 aliphatic rings. The summed E-state index contributed by atoms with van der Waals surface area (Å²) in [4.78, 5) is 13.1. The number of benzene rings is 1. The lowest BCUT2D eigenvalue weighted by Gasteiger charge is -2.16. The fourth-order valence-electron chi connectivity index (χ4n) is 2.94. The summed E-state index contributed by atoms with van der Waals surface area (Å²) in [6.07, 6.45) is 2.59. The Balaban J connectivity index is 1.79. The van der Waals surface area contributed by atoms with Crippen molar-refractivity contribution in [3.8, 4) is 0 Å². The summed E-state index contributed by atoms with van der Waals surface area (Å²) >= 11 is 1.49. The summed E-state index contributed by atoms with van der Waals surface area (Å²) in [6, 6.07) is 10.2.